The van der Waals surface area contributed by atoms with Crippen LogP contribution in [0.1, 0.15) is 6.92 Å². The normalized spacial score (nSPS) is 15.7. The van der Waals surface area contributed by atoms with E-state index in [2.05, 4.69) is 14.9 Å². The van der Waals surface area contributed by atoms with Crippen LogP contribution in [-0.4, -0.2) is 47.0 Å². The third-order valence-electron chi connectivity index (χ3n) is 3.54. The molecule has 1 aromatic carbocycles. The standard InChI is InChI=1S/C14H15ClN4O/c1-10(20)18-6-8-19(9-7-18)14-13(15)16-11-4-2-3-5-12(11)17-14/h2-5H,6-9H2,1H3. The average molecular weight is 291 g/mol. The van der Waals surface area contributed by atoms with Crippen molar-refractivity contribution in [3.05, 3.63) is 29.4 Å². The number of nitrogens with zero attached hydrogens (tertiary/aromatic N) is 4. The second kappa shape index (κ2) is 5.25. The molecule has 1 aliphatic heterocycles. The molecule has 1 aromatic heterocycles. The molecule has 1 fully saturated rings. The number of fused-ring (bicyclic) bond motifs is 1. The maximum absolute atomic E-state index is 11.3. The fourth-order valence-corrected chi connectivity index (χ4v) is 2.66. The number of hydrogen-bond donors (Lipinski definition) is 0. The molecule has 1 aliphatic rings. The quantitative estimate of drug-likeness (QED) is 0.805. The summed E-state index contributed by atoms with van der Waals surface area (Å²) < 4.78 is 0. The van der Waals surface area contributed by atoms with Crippen molar-refractivity contribution >= 4 is 34.4 Å². The Morgan fingerprint density at radius 2 is 1.70 bits per heavy atom. The van der Waals surface area contributed by atoms with Crippen molar-refractivity contribution in [2.24, 2.45) is 0 Å². The van der Waals surface area contributed by atoms with Gasteiger partial charge in [0.25, 0.3) is 0 Å². The Hall–Kier alpha value is -1.88. The first-order chi connectivity index (χ1) is 9.65. The van der Waals surface area contributed by atoms with Gasteiger partial charge in [-0.15, -0.1) is 0 Å². The van der Waals surface area contributed by atoms with Gasteiger partial charge in [0, 0.05) is 33.1 Å². The fourth-order valence-electron chi connectivity index (χ4n) is 2.40. The number of rotatable bonds is 1. The first kappa shape index (κ1) is 13.1. The lowest BCUT2D eigenvalue weighted by Crippen LogP contribution is -2.48. The third-order valence-corrected chi connectivity index (χ3v) is 3.79. The van der Waals surface area contributed by atoms with Gasteiger partial charge in [0.05, 0.1) is 11.0 Å². The smallest absolute Gasteiger partial charge is 0.219 e. The van der Waals surface area contributed by atoms with Gasteiger partial charge >= 0.3 is 0 Å². The van der Waals surface area contributed by atoms with Crippen LogP contribution in [0.4, 0.5) is 5.82 Å². The number of aromatic nitrogens is 2. The van der Waals surface area contributed by atoms with Crippen LogP contribution in [0.25, 0.3) is 11.0 Å². The molecule has 1 saturated heterocycles. The van der Waals surface area contributed by atoms with Crippen LogP contribution < -0.4 is 4.90 Å². The summed E-state index contributed by atoms with van der Waals surface area (Å²) in [7, 11) is 0. The van der Waals surface area contributed by atoms with Crippen LogP contribution in [0.3, 0.4) is 0 Å². The molecule has 0 saturated carbocycles. The summed E-state index contributed by atoms with van der Waals surface area (Å²) in [6.45, 7) is 4.44. The first-order valence-corrected chi connectivity index (χ1v) is 6.95. The number of benzene rings is 1. The number of piperazine rings is 1. The highest BCUT2D eigenvalue weighted by Gasteiger charge is 2.22. The molecular weight excluding hydrogens is 276 g/mol. The minimum absolute atomic E-state index is 0.111. The number of hydrogen-bond acceptors (Lipinski definition) is 4. The lowest BCUT2D eigenvalue weighted by Gasteiger charge is -2.35. The van der Waals surface area contributed by atoms with Crippen LogP contribution in [-0.2, 0) is 4.79 Å². The van der Waals surface area contributed by atoms with Gasteiger partial charge in [0.2, 0.25) is 5.91 Å². The molecule has 0 N–H and O–H groups in total. The number of para-hydroxylation sites is 2. The molecule has 0 bridgehead atoms. The van der Waals surface area contributed by atoms with Crippen molar-refractivity contribution < 1.29 is 4.79 Å². The molecule has 20 heavy (non-hydrogen) atoms. The second-order valence-electron chi connectivity index (χ2n) is 4.82. The maximum atomic E-state index is 11.3. The summed E-state index contributed by atoms with van der Waals surface area (Å²) >= 11 is 6.24. The summed E-state index contributed by atoms with van der Waals surface area (Å²) in [6, 6.07) is 7.67. The molecule has 2 aromatic rings. The predicted octanol–water partition coefficient (Wildman–Crippen LogP) is 1.95. The predicted molar refractivity (Wildman–Crippen MR) is 79.0 cm³/mol. The highest BCUT2D eigenvalue weighted by molar-refractivity contribution is 6.32. The molecule has 0 unspecified atom stereocenters. The van der Waals surface area contributed by atoms with Gasteiger partial charge in [-0.1, -0.05) is 23.7 Å². The molecule has 0 spiro atoms. The number of carbonyl (C=O) groups is 1. The number of anilines is 1. The zero-order valence-corrected chi connectivity index (χ0v) is 12.0. The zero-order valence-electron chi connectivity index (χ0n) is 11.2. The van der Waals surface area contributed by atoms with Gasteiger partial charge in [-0.25, -0.2) is 9.97 Å². The topological polar surface area (TPSA) is 49.3 Å². The number of amides is 1. The van der Waals surface area contributed by atoms with Gasteiger partial charge < -0.3 is 9.80 Å². The summed E-state index contributed by atoms with van der Waals surface area (Å²) in [6.07, 6.45) is 0. The van der Waals surface area contributed by atoms with Crippen LogP contribution in [0.5, 0.6) is 0 Å². The minimum atomic E-state index is 0.111. The van der Waals surface area contributed by atoms with E-state index in [0.29, 0.717) is 24.1 Å². The number of carbonyl (C=O) groups excluding carboxylic acids is 1. The average Bonchev–Trinajstić information content (AvgIpc) is 2.46. The molecule has 0 aliphatic carbocycles. The Bertz CT molecular complexity index is 653. The number of halogens is 1. The van der Waals surface area contributed by atoms with Crippen LogP contribution >= 0.6 is 11.6 Å². The lowest BCUT2D eigenvalue weighted by molar-refractivity contribution is -0.129. The van der Waals surface area contributed by atoms with E-state index < -0.39 is 0 Å². The Balaban J connectivity index is 1.87. The Morgan fingerprint density at radius 3 is 2.30 bits per heavy atom. The van der Waals surface area contributed by atoms with E-state index in [-0.39, 0.29) is 5.91 Å². The summed E-state index contributed by atoms with van der Waals surface area (Å²) in [4.78, 5) is 24.2. The SMILES string of the molecule is CC(=O)N1CCN(c2nc3ccccc3nc2Cl)CC1. The molecule has 2 heterocycles. The van der Waals surface area contributed by atoms with Crippen molar-refractivity contribution in [3.8, 4) is 0 Å². The Labute approximate surface area is 122 Å². The minimum Gasteiger partial charge on any atom is -0.350 e. The van der Waals surface area contributed by atoms with Gasteiger partial charge in [-0.05, 0) is 12.1 Å². The molecule has 5 nitrogen and oxygen atoms in total. The van der Waals surface area contributed by atoms with E-state index >= 15 is 0 Å². The van der Waals surface area contributed by atoms with Crippen molar-refractivity contribution in [2.75, 3.05) is 31.1 Å². The molecule has 0 atom stereocenters. The van der Waals surface area contributed by atoms with Crippen molar-refractivity contribution in [3.63, 3.8) is 0 Å². The van der Waals surface area contributed by atoms with E-state index in [4.69, 9.17) is 11.6 Å². The highest BCUT2D eigenvalue weighted by Crippen LogP contribution is 2.25. The summed E-state index contributed by atoms with van der Waals surface area (Å²) in [5.74, 6) is 0.814. The molecule has 1 amide bonds. The molecular formula is C14H15ClN4O. The van der Waals surface area contributed by atoms with Crippen molar-refractivity contribution in [2.45, 2.75) is 6.92 Å². The fraction of sp³-hybridized carbons (Fsp3) is 0.357. The Morgan fingerprint density at radius 1 is 1.10 bits per heavy atom. The second-order valence-corrected chi connectivity index (χ2v) is 5.18. The first-order valence-electron chi connectivity index (χ1n) is 6.58. The van der Waals surface area contributed by atoms with Gasteiger partial charge in [0.15, 0.2) is 11.0 Å². The zero-order chi connectivity index (χ0) is 14.1. The van der Waals surface area contributed by atoms with E-state index in [0.717, 1.165) is 24.1 Å². The van der Waals surface area contributed by atoms with Gasteiger partial charge in [0.1, 0.15) is 0 Å². The van der Waals surface area contributed by atoms with E-state index in [1.54, 1.807) is 6.92 Å². The van der Waals surface area contributed by atoms with Gasteiger partial charge in [-0.2, -0.15) is 0 Å². The summed E-state index contributed by atoms with van der Waals surface area (Å²) in [5, 5.41) is 0.417. The van der Waals surface area contributed by atoms with Crippen molar-refractivity contribution in [1.29, 1.82) is 0 Å². The molecule has 0 radical (unpaired) electrons. The molecule has 3 rings (SSSR count). The van der Waals surface area contributed by atoms with Crippen LogP contribution in [0, 0.1) is 0 Å². The van der Waals surface area contributed by atoms with Crippen LogP contribution in [0.15, 0.2) is 24.3 Å². The maximum Gasteiger partial charge on any atom is 0.219 e. The molecule has 6 heteroatoms. The van der Waals surface area contributed by atoms with E-state index in [9.17, 15) is 4.79 Å². The van der Waals surface area contributed by atoms with Gasteiger partial charge in [-0.3, -0.25) is 4.79 Å². The monoisotopic (exact) mass is 290 g/mol. The van der Waals surface area contributed by atoms with E-state index in [1.165, 1.54) is 0 Å². The highest BCUT2D eigenvalue weighted by atomic mass is 35.5. The lowest BCUT2D eigenvalue weighted by atomic mass is 10.3. The van der Waals surface area contributed by atoms with Crippen molar-refractivity contribution in [1.82, 2.24) is 14.9 Å². The summed E-state index contributed by atoms with van der Waals surface area (Å²) in [5.41, 5.74) is 1.63. The van der Waals surface area contributed by atoms with Crippen LogP contribution in [0.2, 0.25) is 5.15 Å². The molecule has 104 valence electrons. The van der Waals surface area contributed by atoms with E-state index in [1.807, 2.05) is 29.2 Å². The third kappa shape index (κ3) is 2.41. The Kier molecular flexibility index (Phi) is 3.44. The largest absolute Gasteiger partial charge is 0.350 e.